The van der Waals surface area contributed by atoms with Gasteiger partial charge in [0.25, 0.3) is 5.91 Å². The minimum atomic E-state index is -0.298. The van der Waals surface area contributed by atoms with Crippen molar-refractivity contribution in [2.45, 2.75) is 38.8 Å². The van der Waals surface area contributed by atoms with Gasteiger partial charge in [-0.15, -0.1) is 0 Å². The van der Waals surface area contributed by atoms with Crippen molar-refractivity contribution in [1.29, 1.82) is 0 Å². The normalized spacial score (nSPS) is 24.2. The van der Waals surface area contributed by atoms with E-state index in [0.717, 1.165) is 17.5 Å². The van der Waals surface area contributed by atoms with Crippen LogP contribution in [0, 0.1) is 5.92 Å². The number of para-hydroxylation sites is 1. The van der Waals surface area contributed by atoms with Gasteiger partial charge in [0.2, 0.25) is 0 Å². The molecule has 4 rings (SSSR count). The van der Waals surface area contributed by atoms with Gasteiger partial charge in [0, 0.05) is 48.3 Å². The van der Waals surface area contributed by atoms with Crippen molar-refractivity contribution >= 4 is 23.0 Å². The molecule has 152 valence electrons. The lowest BCUT2D eigenvalue weighted by Gasteiger charge is -2.28. The first kappa shape index (κ1) is 19.5. The quantitative estimate of drug-likeness (QED) is 0.553. The Morgan fingerprint density at radius 3 is 2.76 bits per heavy atom. The molecule has 29 heavy (non-hydrogen) atoms. The maximum absolute atomic E-state index is 12.7. The van der Waals surface area contributed by atoms with Gasteiger partial charge in [0.1, 0.15) is 0 Å². The molecule has 6 nitrogen and oxygen atoms in total. The zero-order valence-electron chi connectivity index (χ0n) is 17.5. The number of aromatic nitrogens is 1. The molecule has 0 spiro atoms. The Kier molecular flexibility index (Phi) is 5.28. The number of hydrazone groups is 1. The van der Waals surface area contributed by atoms with Crippen molar-refractivity contribution in [1.82, 2.24) is 20.6 Å². The van der Waals surface area contributed by atoms with Gasteiger partial charge in [-0.25, -0.2) is 5.43 Å². The number of benzene rings is 1. The number of rotatable bonds is 4. The van der Waals surface area contributed by atoms with Gasteiger partial charge in [-0.3, -0.25) is 10.1 Å². The molecular weight excluding hydrogens is 362 g/mol. The van der Waals surface area contributed by atoms with Gasteiger partial charge in [-0.1, -0.05) is 31.2 Å². The number of hydrogen-bond acceptors (Lipinski definition) is 4. The number of fused-ring (bicyclic) bond motifs is 3. The smallest absolute Gasteiger partial charge is 0.257 e. The van der Waals surface area contributed by atoms with E-state index >= 15 is 0 Å². The number of H-pyrrole nitrogens is 1. The van der Waals surface area contributed by atoms with Gasteiger partial charge in [-0.05, 0) is 43.0 Å². The fraction of sp³-hybridized carbons (Fsp3) is 0.391. The molecule has 3 atom stereocenters. The van der Waals surface area contributed by atoms with Crippen molar-refractivity contribution in [3.8, 4) is 0 Å². The van der Waals surface area contributed by atoms with Crippen LogP contribution in [0.3, 0.4) is 0 Å². The van der Waals surface area contributed by atoms with Crippen LogP contribution < -0.4 is 10.7 Å². The van der Waals surface area contributed by atoms with Gasteiger partial charge in [0.05, 0.1) is 12.3 Å². The molecule has 1 amide bonds. The molecule has 1 aliphatic carbocycles. The summed E-state index contributed by atoms with van der Waals surface area (Å²) in [6.45, 7) is 4.29. The van der Waals surface area contributed by atoms with E-state index in [1.165, 1.54) is 22.3 Å². The van der Waals surface area contributed by atoms with E-state index in [0.29, 0.717) is 12.3 Å². The highest BCUT2D eigenvalue weighted by Gasteiger charge is 2.30. The number of allylic oxidation sites excluding steroid dienone is 4. The zero-order valence-corrected chi connectivity index (χ0v) is 17.5. The largest absolute Gasteiger partial charge is 0.381 e. The van der Waals surface area contributed by atoms with Crippen molar-refractivity contribution < 1.29 is 4.79 Å². The lowest BCUT2D eigenvalue weighted by Crippen LogP contribution is -2.47. The van der Waals surface area contributed by atoms with Gasteiger partial charge in [-0.2, -0.15) is 5.10 Å². The monoisotopic (exact) mass is 391 g/mol. The molecule has 0 radical (unpaired) electrons. The number of carbonyl (C=O) groups excluding carboxylic acids is 1. The van der Waals surface area contributed by atoms with Gasteiger partial charge in [0.15, 0.2) is 0 Å². The number of nitrogens with zero attached hydrogens (tertiary/aromatic N) is 2. The summed E-state index contributed by atoms with van der Waals surface area (Å²) in [7, 11) is 4.12. The van der Waals surface area contributed by atoms with Crippen LogP contribution in [0.1, 0.15) is 37.6 Å². The Morgan fingerprint density at radius 1 is 1.21 bits per heavy atom. The number of amides is 1. The van der Waals surface area contributed by atoms with E-state index in [1.54, 1.807) is 6.21 Å². The number of hydrogen-bond donors (Lipinski definition) is 3. The van der Waals surface area contributed by atoms with Crippen LogP contribution >= 0.6 is 0 Å². The third kappa shape index (κ3) is 3.85. The lowest BCUT2D eigenvalue weighted by atomic mass is 9.93. The molecule has 1 unspecified atom stereocenters. The second kappa shape index (κ2) is 7.87. The SMILES string of the molecule is CC1CC(/C=N/NC(=O)[C@@H]2Cc3c([nH]c4ccccc34)[C@H](C)N2)=CC=C1N(C)C. The van der Waals surface area contributed by atoms with E-state index in [2.05, 4.69) is 78.0 Å². The highest BCUT2D eigenvalue weighted by atomic mass is 16.2. The highest BCUT2D eigenvalue weighted by molar-refractivity contribution is 5.89. The van der Waals surface area contributed by atoms with Crippen LogP contribution in [0.4, 0.5) is 0 Å². The van der Waals surface area contributed by atoms with Crippen LogP contribution in [0.25, 0.3) is 10.9 Å². The third-order valence-corrected chi connectivity index (χ3v) is 5.89. The second-order valence-electron chi connectivity index (χ2n) is 8.27. The van der Waals surface area contributed by atoms with E-state index in [1.807, 2.05) is 12.1 Å². The first-order valence-corrected chi connectivity index (χ1v) is 10.2. The summed E-state index contributed by atoms with van der Waals surface area (Å²) in [6, 6.07) is 8.04. The predicted molar refractivity (Wildman–Crippen MR) is 118 cm³/mol. The fourth-order valence-electron chi connectivity index (χ4n) is 4.45. The Labute approximate surface area is 171 Å². The molecule has 0 bridgehead atoms. The zero-order chi connectivity index (χ0) is 20.5. The molecule has 6 heteroatoms. The Bertz CT molecular complexity index is 1010. The molecule has 3 N–H and O–H groups in total. The predicted octanol–water partition coefficient (Wildman–Crippen LogP) is 3.26. The van der Waals surface area contributed by atoms with Gasteiger partial charge < -0.3 is 9.88 Å². The standard InChI is InChI=1S/C23H29N5O/c1-14-11-16(9-10-21(14)28(3)4)13-24-27-23(29)20-12-18-17-7-5-6-8-19(17)26-22(18)15(2)25-20/h5-10,13-15,20,25-26H,11-12H2,1-4H3,(H,27,29)/b24-13+/t14?,15-,20-/m0/s1. The summed E-state index contributed by atoms with van der Waals surface area (Å²) >= 11 is 0. The maximum Gasteiger partial charge on any atom is 0.257 e. The number of nitrogens with one attached hydrogen (secondary N) is 3. The summed E-state index contributed by atoms with van der Waals surface area (Å²) < 4.78 is 0. The summed E-state index contributed by atoms with van der Waals surface area (Å²) in [5, 5.41) is 8.82. The van der Waals surface area contributed by atoms with Crippen molar-refractivity contribution in [3.63, 3.8) is 0 Å². The Hall–Kier alpha value is -2.86. The molecule has 1 aromatic carbocycles. The minimum Gasteiger partial charge on any atom is -0.381 e. The summed E-state index contributed by atoms with van der Waals surface area (Å²) in [4.78, 5) is 18.4. The first-order chi connectivity index (χ1) is 13.9. The highest BCUT2D eigenvalue weighted by Crippen LogP contribution is 2.31. The second-order valence-corrected chi connectivity index (χ2v) is 8.27. The summed E-state index contributed by atoms with van der Waals surface area (Å²) in [6.07, 6.45) is 7.53. The molecule has 1 aliphatic heterocycles. The van der Waals surface area contributed by atoms with Gasteiger partial charge >= 0.3 is 0 Å². The first-order valence-electron chi connectivity index (χ1n) is 10.2. The van der Waals surface area contributed by atoms with E-state index < -0.39 is 0 Å². The van der Waals surface area contributed by atoms with Crippen LogP contribution in [-0.2, 0) is 11.2 Å². The average molecular weight is 392 g/mol. The van der Waals surface area contributed by atoms with E-state index in [4.69, 9.17) is 0 Å². The minimum absolute atomic E-state index is 0.0855. The molecule has 2 aromatic rings. The molecule has 0 saturated carbocycles. The van der Waals surface area contributed by atoms with Crippen LogP contribution in [-0.4, -0.2) is 42.1 Å². The molecule has 1 aromatic heterocycles. The van der Waals surface area contributed by atoms with E-state index in [9.17, 15) is 4.79 Å². The summed E-state index contributed by atoms with van der Waals surface area (Å²) in [5.74, 6) is 0.339. The molecule has 0 saturated heterocycles. The Morgan fingerprint density at radius 2 is 2.00 bits per heavy atom. The maximum atomic E-state index is 12.7. The molecular formula is C23H29N5O. The number of carbonyl (C=O) groups is 1. The molecule has 2 aliphatic rings. The van der Waals surface area contributed by atoms with Crippen LogP contribution in [0.5, 0.6) is 0 Å². The van der Waals surface area contributed by atoms with Crippen molar-refractivity contribution in [3.05, 3.63) is 58.9 Å². The topological polar surface area (TPSA) is 72.5 Å². The van der Waals surface area contributed by atoms with Crippen LogP contribution in [0.15, 0.2) is 52.8 Å². The van der Waals surface area contributed by atoms with Crippen LogP contribution in [0.2, 0.25) is 0 Å². The number of aromatic amines is 1. The third-order valence-electron chi connectivity index (χ3n) is 5.89. The average Bonchev–Trinajstić information content (AvgIpc) is 3.07. The Balaban J connectivity index is 1.43. The van der Waals surface area contributed by atoms with Crippen molar-refractivity contribution in [2.75, 3.05) is 14.1 Å². The van der Waals surface area contributed by atoms with E-state index in [-0.39, 0.29) is 18.0 Å². The summed E-state index contributed by atoms with van der Waals surface area (Å²) in [5.41, 5.74) is 8.66. The van der Waals surface area contributed by atoms with Crippen molar-refractivity contribution in [2.24, 2.45) is 11.0 Å². The fourth-order valence-corrected chi connectivity index (χ4v) is 4.45. The lowest BCUT2D eigenvalue weighted by molar-refractivity contribution is -0.123. The molecule has 2 heterocycles. The molecule has 0 fully saturated rings.